The van der Waals surface area contributed by atoms with Crippen LogP contribution >= 0.6 is 7.26 Å². The van der Waals surface area contributed by atoms with E-state index in [4.69, 9.17) is 0 Å². The molecule has 0 saturated carbocycles. The molecule has 0 radical (unpaired) electrons. The summed E-state index contributed by atoms with van der Waals surface area (Å²) in [5, 5.41) is 3.07. The second-order valence-corrected chi connectivity index (χ2v) is 10.1. The van der Waals surface area contributed by atoms with Gasteiger partial charge in [0.05, 0.1) is 30.2 Å². The van der Waals surface area contributed by atoms with E-state index in [-0.39, 0.29) is 0 Å². The van der Waals surface area contributed by atoms with E-state index in [1.165, 1.54) is 35.2 Å². The van der Waals surface area contributed by atoms with Gasteiger partial charge in [0.2, 0.25) is 0 Å². The van der Waals surface area contributed by atoms with Gasteiger partial charge < -0.3 is 0 Å². The molecule has 0 aromatic heterocycles. The van der Waals surface area contributed by atoms with Crippen molar-refractivity contribution in [1.82, 2.24) is 0 Å². The van der Waals surface area contributed by atoms with E-state index in [0.29, 0.717) is 0 Å². The van der Waals surface area contributed by atoms with Crippen LogP contribution in [0.1, 0.15) is 25.3 Å². The van der Waals surface area contributed by atoms with Crippen molar-refractivity contribution in [2.45, 2.75) is 25.9 Å². The summed E-state index contributed by atoms with van der Waals surface area (Å²) in [5.41, 5.74) is 1.45. The molecule has 0 aliphatic rings. The summed E-state index contributed by atoms with van der Waals surface area (Å²) in [4.78, 5) is 0. The zero-order chi connectivity index (χ0) is 16.7. The summed E-state index contributed by atoms with van der Waals surface area (Å²) in [5.74, 6) is 0. The second-order valence-electron chi connectivity index (χ2n) is 6.36. The van der Waals surface area contributed by atoms with Gasteiger partial charge in [-0.05, 0) is 36.2 Å². The first-order valence-corrected chi connectivity index (χ1v) is 11.0. The summed E-state index contributed by atoms with van der Waals surface area (Å²) in [7, 11) is -1.44. The Morgan fingerprint density at radius 3 is 1.54 bits per heavy atom. The third-order valence-corrected chi connectivity index (χ3v) is 9.25. The van der Waals surface area contributed by atoms with Crippen molar-refractivity contribution < 1.29 is 0 Å². The largest absolute Gasteiger partial charge is 0.0995 e. The Morgan fingerprint density at radius 1 is 0.625 bits per heavy atom. The Kier molecular flexibility index (Phi) is 5.83. The first-order chi connectivity index (χ1) is 11.8. The zero-order valence-electron chi connectivity index (χ0n) is 14.4. The van der Waals surface area contributed by atoms with Gasteiger partial charge in [-0.2, -0.15) is 0 Å². The fourth-order valence-electron chi connectivity index (χ4n) is 3.42. The minimum Gasteiger partial charge on any atom is -0.0652 e. The molecule has 0 amide bonds. The summed E-state index contributed by atoms with van der Waals surface area (Å²) in [6.45, 7) is 2.30. The van der Waals surface area contributed by atoms with Crippen LogP contribution in [0.3, 0.4) is 0 Å². The smallest absolute Gasteiger partial charge is 0.0652 e. The van der Waals surface area contributed by atoms with E-state index in [1.807, 2.05) is 0 Å². The van der Waals surface area contributed by atoms with Gasteiger partial charge in [-0.1, -0.05) is 80.1 Å². The molecule has 0 atom stereocenters. The SMILES string of the molecule is CCCC[P+](Cc1ccccc1)(c1ccccc1)c1ccccc1. The Balaban J connectivity index is 2.12. The normalized spacial score (nSPS) is 11.4. The van der Waals surface area contributed by atoms with Crippen molar-refractivity contribution in [3.8, 4) is 0 Å². The van der Waals surface area contributed by atoms with Crippen molar-refractivity contribution in [3.05, 3.63) is 96.6 Å². The average molecular weight is 333 g/mol. The fourth-order valence-corrected chi connectivity index (χ4v) is 7.93. The Labute approximate surface area is 146 Å². The lowest BCUT2D eigenvalue weighted by molar-refractivity contribution is 0.888. The van der Waals surface area contributed by atoms with E-state index in [1.54, 1.807) is 0 Å². The lowest BCUT2D eigenvalue weighted by Crippen LogP contribution is -2.26. The van der Waals surface area contributed by atoms with Crippen molar-refractivity contribution in [2.75, 3.05) is 6.16 Å². The molecular weight excluding hydrogens is 307 g/mol. The predicted octanol–water partition coefficient (Wildman–Crippen LogP) is 5.66. The van der Waals surface area contributed by atoms with Crippen molar-refractivity contribution >= 4 is 17.9 Å². The Morgan fingerprint density at radius 2 is 1.08 bits per heavy atom. The maximum absolute atomic E-state index is 2.35. The van der Waals surface area contributed by atoms with Crippen LogP contribution in [-0.2, 0) is 6.16 Å². The minimum atomic E-state index is -1.44. The molecular formula is C23H26P+. The van der Waals surface area contributed by atoms with Crippen molar-refractivity contribution in [1.29, 1.82) is 0 Å². The standard InChI is InChI=1S/C23H26P/c1-2-3-19-24(22-15-9-5-10-16-22,23-17-11-6-12-18-23)20-21-13-7-4-8-14-21/h4-18H,2-3,19-20H2,1H3/q+1. The lowest BCUT2D eigenvalue weighted by Gasteiger charge is -2.28. The van der Waals surface area contributed by atoms with Crippen LogP contribution in [0.5, 0.6) is 0 Å². The first kappa shape index (κ1) is 16.9. The number of benzene rings is 3. The quantitative estimate of drug-likeness (QED) is 0.490. The molecule has 122 valence electrons. The van der Waals surface area contributed by atoms with Crippen LogP contribution < -0.4 is 10.6 Å². The summed E-state index contributed by atoms with van der Waals surface area (Å²) < 4.78 is 0. The lowest BCUT2D eigenvalue weighted by atomic mass is 10.2. The Hall–Kier alpha value is -1.91. The van der Waals surface area contributed by atoms with E-state index >= 15 is 0 Å². The first-order valence-electron chi connectivity index (χ1n) is 8.87. The maximum Gasteiger partial charge on any atom is 0.0995 e. The molecule has 1 heteroatoms. The van der Waals surface area contributed by atoms with Crippen LogP contribution in [0.4, 0.5) is 0 Å². The summed E-state index contributed by atoms with van der Waals surface area (Å²) >= 11 is 0. The van der Waals surface area contributed by atoms with Gasteiger partial charge >= 0.3 is 0 Å². The molecule has 0 spiro atoms. The molecule has 3 rings (SSSR count). The minimum absolute atomic E-state index is 1.15. The summed E-state index contributed by atoms with van der Waals surface area (Å²) in [6.07, 6.45) is 4.97. The van der Waals surface area contributed by atoms with Gasteiger partial charge in [0.15, 0.2) is 0 Å². The highest BCUT2D eigenvalue weighted by Gasteiger charge is 2.41. The van der Waals surface area contributed by atoms with Crippen LogP contribution in [-0.4, -0.2) is 6.16 Å². The van der Waals surface area contributed by atoms with Gasteiger partial charge in [0.1, 0.15) is 0 Å². The highest BCUT2D eigenvalue weighted by molar-refractivity contribution is 7.88. The van der Waals surface area contributed by atoms with Gasteiger partial charge in [0, 0.05) is 0 Å². The third-order valence-electron chi connectivity index (χ3n) is 4.69. The fraction of sp³-hybridized carbons (Fsp3) is 0.217. The number of rotatable bonds is 7. The van der Waals surface area contributed by atoms with Crippen molar-refractivity contribution in [3.63, 3.8) is 0 Å². The van der Waals surface area contributed by atoms with E-state index < -0.39 is 7.26 Å². The summed E-state index contributed by atoms with van der Waals surface area (Å²) in [6, 6.07) is 33.5. The average Bonchev–Trinajstić information content (AvgIpc) is 2.67. The number of hydrogen-bond donors (Lipinski definition) is 0. The molecule has 0 aliphatic carbocycles. The topological polar surface area (TPSA) is 0 Å². The van der Waals surface area contributed by atoms with Crippen LogP contribution in [0.25, 0.3) is 0 Å². The molecule has 0 bridgehead atoms. The molecule has 24 heavy (non-hydrogen) atoms. The number of unbranched alkanes of at least 4 members (excludes halogenated alkanes) is 1. The van der Waals surface area contributed by atoms with E-state index in [9.17, 15) is 0 Å². The molecule has 0 saturated heterocycles. The van der Waals surface area contributed by atoms with Gasteiger partial charge in [-0.15, -0.1) is 0 Å². The molecule has 0 heterocycles. The highest BCUT2D eigenvalue weighted by Crippen LogP contribution is 2.59. The highest BCUT2D eigenvalue weighted by atomic mass is 31.2. The van der Waals surface area contributed by atoms with Gasteiger partial charge in [-0.3, -0.25) is 0 Å². The van der Waals surface area contributed by atoms with Crippen molar-refractivity contribution in [2.24, 2.45) is 0 Å². The van der Waals surface area contributed by atoms with Gasteiger partial charge in [-0.25, -0.2) is 0 Å². The third kappa shape index (κ3) is 3.77. The molecule has 3 aromatic carbocycles. The Bertz CT molecular complexity index is 680. The molecule has 0 aliphatic heterocycles. The van der Waals surface area contributed by atoms with E-state index in [0.717, 1.165) is 6.16 Å². The molecule has 3 aromatic rings. The molecule has 0 nitrogen and oxygen atoms in total. The molecule has 0 fully saturated rings. The van der Waals surface area contributed by atoms with E-state index in [2.05, 4.69) is 97.9 Å². The predicted molar refractivity (Wildman–Crippen MR) is 109 cm³/mol. The van der Waals surface area contributed by atoms with Crippen LogP contribution in [0.15, 0.2) is 91.0 Å². The molecule has 0 unspecified atom stereocenters. The second kappa shape index (κ2) is 8.27. The van der Waals surface area contributed by atoms with Crippen LogP contribution in [0.2, 0.25) is 0 Å². The monoisotopic (exact) mass is 333 g/mol. The van der Waals surface area contributed by atoms with Crippen LogP contribution in [0, 0.1) is 0 Å². The number of hydrogen-bond acceptors (Lipinski definition) is 0. The molecule has 0 N–H and O–H groups in total. The zero-order valence-corrected chi connectivity index (χ0v) is 15.3. The maximum atomic E-state index is 2.35. The van der Waals surface area contributed by atoms with Gasteiger partial charge in [0.25, 0.3) is 0 Å².